The number of hydrogen-bond donors (Lipinski definition) is 4. The molecule has 10 heteroatoms. The fraction of sp³-hybridized carbons (Fsp3) is 0.500. The number of carbonyl (C=O) groups is 4. The molecule has 3 amide bonds. The predicted molar refractivity (Wildman–Crippen MR) is 107 cm³/mol. The summed E-state index contributed by atoms with van der Waals surface area (Å²) < 4.78 is 5.03. The molecule has 1 heterocycles. The molecule has 0 saturated carbocycles. The van der Waals surface area contributed by atoms with Crippen LogP contribution >= 0.6 is 0 Å². The SMILES string of the molecule is NCCC[C@H](NC(=O)CNC(=O)OCc1ccccc1)C(=O)N1CCC[C@H]1C(=O)O. The lowest BCUT2D eigenvalue weighted by atomic mass is 10.1. The van der Waals surface area contributed by atoms with Crippen LogP contribution < -0.4 is 16.4 Å². The summed E-state index contributed by atoms with van der Waals surface area (Å²) in [5.41, 5.74) is 6.32. The summed E-state index contributed by atoms with van der Waals surface area (Å²) in [4.78, 5) is 49.4. The van der Waals surface area contributed by atoms with Crippen LogP contribution in [0.15, 0.2) is 30.3 Å². The Labute approximate surface area is 174 Å². The van der Waals surface area contributed by atoms with Gasteiger partial charge in [-0.2, -0.15) is 0 Å². The number of nitrogens with one attached hydrogen (secondary N) is 2. The van der Waals surface area contributed by atoms with Crippen LogP contribution in [-0.2, 0) is 25.7 Å². The number of carbonyl (C=O) groups excluding carboxylic acids is 3. The highest BCUT2D eigenvalue weighted by atomic mass is 16.5. The van der Waals surface area contributed by atoms with E-state index in [2.05, 4.69) is 10.6 Å². The normalized spacial score (nSPS) is 16.6. The van der Waals surface area contributed by atoms with Crippen LogP contribution in [0, 0.1) is 0 Å². The smallest absolute Gasteiger partial charge is 0.407 e. The molecule has 0 unspecified atom stereocenters. The first kappa shape index (κ1) is 23.1. The molecule has 0 aromatic heterocycles. The standard InChI is InChI=1S/C20H28N4O6/c21-10-4-8-15(18(26)24-11-5-9-16(24)19(27)28)23-17(25)12-22-20(29)30-13-14-6-2-1-3-7-14/h1-3,6-7,15-16H,4-5,8-13,21H2,(H,22,29)(H,23,25)(H,27,28)/t15-,16-/m0/s1. The zero-order valence-electron chi connectivity index (χ0n) is 16.7. The van der Waals surface area contributed by atoms with Crippen LogP contribution in [-0.4, -0.2) is 65.6 Å². The van der Waals surface area contributed by atoms with Gasteiger partial charge >= 0.3 is 12.1 Å². The number of aliphatic carboxylic acids is 1. The number of rotatable bonds is 10. The summed E-state index contributed by atoms with van der Waals surface area (Å²) in [5.74, 6) is -2.09. The Balaban J connectivity index is 1.84. The second kappa shape index (κ2) is 11.8. The third-order valence-electron chi connectivity index (χ3n) is 4.76. The van der Waals surface area contributed by atoms with Crippen LogP contribution in [0.2, 0.25) is 0 Å². The molecule has 1 saturated heterocycles. The van der Waals surface area contributed by atoms with E-state index in [9.17, 15) is 24.3 Å². The number of benzene rings is 1. The fourth-order valence-corrected chi connectivity index (χ4v) is 3.24. The van der Waals surface area contributed by atoms with E-state index in [1.165, 1.54) is 4.90 Å². The van der Waals surface area contributed by atoms with Gasteiger partial charge in [-0.3, -0.25) is 9.59 Å². The van der Waals surface area contributed by atoms with Crippen LogP contribution in [0.4, 0.5) is 4.79 Å². The van der Waals surface area contributed by atoms with E-state index in [1.54, 1.807) is 12.1 Å². The number of ether oxygens (including phenoxy) is 1. The van der Waals surface area contributed by atoms with E-state index < -0.39 is 36.0 Å². The molecule has 1 aliphatic heterocycles. The van der Waals surface area contributed by atoms with Gasteiger partial charge in [-0.15, -0.1) is 0 Å². The van der Waals surface area contributed by atoms with Crippen molar-refractivity contribution in [3.05, 3.63) is 35.9 Å². The molecule has 1 aromatic rings. The maximum atomic E-state index is 12.8. The molecule has 5 N–H and O–H groups in total. The first-order chi connectivity index (χ1) is 14.4. The Morgan fingerprint density at radius 1 is 1.23 bits per heavy atom. The lowest BCUT2D eigenvalue weighted by Crippen LogP contribution is -2.53. The molecule has 2 atom stereocenters. The van der Waals surface area contributed by atoms with E-state index in [0.29, 0.717) is 32.4 Å². The average Bonchev–Trinajstić information content (AvgIpc) is 3.24. The minimum Gasteiger partial charge on any atom is -0.480 e. The molecule has 1 aromatic carbocycles. The molecule has 1 fully saturated rings. The van der Waals surface area contributed by atoms with Gasteiger partial charge in [-0.1, -0.05) is 30.3 Å². The molecule has 10 nitrogen and oxygen atoms in total. The van der Waals surface area contributed by atoms with Crippen LogP contribution in [0.3, 0.4) is 0 Å². The monoisotopic (exact) mass is 420 g/mol. The van der Waals surface area contributed by atoms with Crippen molar-refractivity contribution in [2.45, 2.75) is 44.4 Å². The van der Waals surface area contributed by atoms with Crippen molar-refractivity contribution in [2.24, 2.45) is 5.73 Å². The Kier molecular flexibility index (Phi) is 9.07. The van der Waals surface area contributed by atoms with Crippen molar-refractivity contribution in [2.75, 3.05) is 19.6 Å². The van der Waals surface area contributed by atoms with Crippen molar-refractivity contribution in [3.8, 4) is 0 Å². The van der Waals surface area contributed by atoms with Crippen molar-refractivity contribution >= 4 is 23.9 Å². The minimum atomic E-state index is -1.06. The van der Waals surface area contributed by atoms with Gasteiger partial charge in [0.1, 0.15) is 25.2 Å². The van der Waals surface area contributed by atoms with Gasteiger partial charge in [0.05, 0.1) is 0 Å². The van der Waals surface area contributed by atoms with Crippen molar-refractivity contribution in [1.82, 2.24) is 15.5 Å². The maximum Gasteiger partial charge on any atom is 0.407 e. The maximum absolute atomic E-state index is 12.8. The Morgan fingerprint density at radius 3 is 2.63 bits per heavy atom. The van der Waals surface area contributed by atoms with Gasteiger partial charge in [0.15, 0.2) is 0 Å². The minimum absolute atomic E-state index is 0.0669. The van der Waals surface area contributed by atoms with Gasteiger partial charge in [0.25, 0.3) is 0 Å². The third kappa shape index (κ3) is 7.03. The second-order valence-electron chi connectivity index (χ2n) is 6.99. The summed E-state index contributed by atoms with van der Waals surface area (Å²) in [6.07, 6.45) is 0.976. The van der Waals surface area contributed by atoms with E-state index >= 15 is 0 Å². The van der Waals surface area contributed by atoms with Gasteiger partial charge in [-0.25, -0.2) is 9.59 Å². The molecule has 30 heavy (non-hydrogen) atoms. The van der Waals surface area contributed by atoms with Crippen molar-refractivity contribution in [3.63, 3.8) is 0 Å². The number of carboxylic acid groups (broad SMARTS) is 1. The number of hydrogen-bond acceptors (Lipinski definition) is 6. The molecule has 164 valence electrons. The highest BCUT2D eigenvalue weighted by Gasteiger charge is 2.37. The molecular formula is C20H28N4O6. The van der Waals surface area contributed by atoms with Crippen LogP contribution in [0.25, 0.3) is 0 Å². The molecule has 2 rings (SSSR count). The second-order valence-corrected chi connectivity index (χ2v) is 6.99. The van der Waals surface area contributed by atoms with Gasteiger partial charge in [0, 0.05) is 6.54 Å². The van der Waals surface area contributed by atoms with Crippen LogP contribution in [0.1, 0.15) is 31.2 Å². The molecular weight excluding hydrogens is 392 g/mol. The summed E-state index contributed by atoms with van der Waals surface area (Å²) >= 11 is 0. The lowest BCUT2D eigenvalue weighted by molar-refractivity contribution is -0.149. The summed E-state index contributed by atoms with van der Waals surface area (Å²) in [6, 6.07) is 7.29. The zero-order valence-corrected chi connectivity index (χ0v) is 16.7. The fourth-order valence-electron chi connectivity index (χ4n) is 3.24. The lowest BCUT2D eigenvalue weighted by Gasteiger charge is -2.27. The van der Waals surface area contributed by atoms with Crippen molar-refractivity contribution in [1.29, 1.82) is 0 Å². The zero-order chi connectivity index (χ0) is 21.9. The molecule has 0 bridgehead atoms. The largest absolute Gasteiger partial charge is 0.480 e. The van der Waals surface area contributed by atoms with E-state index in [4.69, 9.17) is 10.5 Å². The predicted octanol–water partition coefficient (Wildman–Crippen LogP) is 0.212. The van der Waals surface area contributed by atoms with Crippen molar-refractivity contribution < 1.29 is 29.0 Å². The van der Waals surface area contributed by atoms with Gasteiger partial charge in [0.2, 0.25) is 11.8 Å². The average molecular weight is 420 g/mol. The van der Waals surface area contributed by atoms with Crippen LogP contribution in [0.5, 0.6) is 0 Å². The number of alkyl carbamates (subject to hydrolysis) is 1. The third-order valence-corrected chi connectivity index (χ3v) is 4.76. The topological polar surface area (TPSA) is 151 Å². The molecule has 0 radical (unpaired) electrons. The molecule has 0 aliphatic carbocycles. The first-order valence-electron chi connectivity index (χ1n) is 9.89. The number of nitrogens with zero attached hydrogens (tertiary/aromatic N) is 1. The summed E-state index contributed by atoms with van der Waals surface area (Å²) in [6.45, 7) is 0.348. The number of likely N-dealkylation sites (tertiary alicyclic amines) is 1. The van der Waals surface area contributed by atoms with Gasteiger partial charge in [-0.05, 0) is 37.8 Å². The number of carboxylic acids is 1. The Morgan fingerprint density at radius 2 is 1.97 bits per heavy atom. The molecule has 1 aliphatic rings. The first-order valence-corrected chi connectivity index (χ1v) is 9.89. The van der Waals surface area contributed by atoms with E-state index in [0.717, 1.165) is 5.56 Å². The van der Waals surface area contributed by atoms with Gasteiger partial charge < -0.3 is 31.1 Å². The highest BCUT2D eigenvalue weighted by molar-refractivity contribution is 5.91. The highest BCUT2D eigenvalue weighted by Crippen LogP contribution is 2.19. The number of nitrogens with two attached hydrogens (primary N) is 1. The Hall–Kier alpha value is -3.14. The van der Waals surface area contributed by atoms with E-state index in [1.807, 2.05) is 18.2 Å². The Bertz CT molecular complexity index is 742. The summed E-state index contributed by atoms with van der Waals surface area (Å²) in [7, 11) is 0. The number of amides is 3. The molecule has 0 spiro atoms. The quantitative estimate of drug-likeness (QED) is 0.422. The van der Waals surface area contributed by atoms with E-state index in [-0.39, 0.29) is 19.6 Å². The summed E-state index contributed by atoms with van der Waals surface area (Å²) in [5, 5.41) is 14.2.